The molecular formula is C24H31BrN2O3. The van der Waals surface area contributed by atoms with Gasteiger partial charge in [0.2, 0.25) is 5.91 Å². The molecule has 0 saturated carbocycles. The maximum Gasteiger partial charge on any atom is 0.261 e. The van der Waals surface area contributed by atoms with Crippen LogP contribution in [-0.4, -0.2) is 35.9 Å². The highest BCUT2D eigenvalue weighted by atomic mass is 79.9. The van der Waals surface area contributed by atoms with Gasteiger partial charge in [-0.2, -0.15) is 0 Å². The van der Waals surface area contributed by atoms with Crippen molar-refractivity contribution in [1.82, 2.24) is 10.2 Å². The number of unbranched alkanes of at least 4 members (excludes halogenated alkanes) is 1. The molecule has 1 atom stereocenters. The van der Waals surface area contributed by atoms with Crippen molar-refractivity contribution in [1.29, 1.82) is 0 Å². The first kappa shape index (κ1) is 23.9. The first-order valence-electron chi connectivity index (χ1n) is 10.3. The molecule has 0 aromatic heterocycles. The molecule has 30 heavy (non-hydrogen) atoms. The van der Waals surface area contributed by atoms with Crippen LogP contribution >= 0.6 is 15.9 Å². The normalized spacial score (nSPS) is 11.6. The first-order chi connectivity index (χ1) is 14.3. The number of nitrogens with zero attached hydrogens (tertiary/aromatic N) is 1. The molecule has 2 aromatic rings. The minimum absolute atomic E-state index is 0.120. The molecule has 162 valence electrons. The topological polar surface area (TPSA) is 58.6 Å². The molecule has 0 spiro atoms. The van der Waals surface area contributed by atoms with Gasteiger partial charge in [-0.1, -0.05) is 53.5 Å². The van der Waals surface area contributed by atoms with Gasteiger partial charge in [0.1, 0.15) is 11.8 Å². The van der Waals surface area contributed by atoms with Crippen molar-refractivity contribution in [3.63, 3.8) is 0 Å². The molecule has 0 fully saturated rings. The van der Waals surface area contributed by atoms with Gasteiger partial charge in [0.25, 0.3) is 5.91 Å². The molecule has 2 rings (SSSR count). The van der Waals surface area contributed by atoms with Gasteiger partial charge < -0.3 is 15.0 Å². The zero-order valence-corrected chi connectivity index (χ0v) is 19.8. The molecule has 0 heterocycles. The second-order valence-electron chi connectivity index (χ2n) is 7.46. The first-order valence-corrected chi connectivity index (χ1v) is 11.1. The van der Waals surface area contributed by atoms with Crippen LogP contribution in [0.3, 0.4) is 0 Å². The second-order valence-corrected chi connectivity index (χ2v) is 8.37. The van der Waals surface area contributed by atoms with Crippen LogP contribution in [0.1, 0.15) is 43.4 Å². The lowest BCUT2D eigenvalue weighted by atomic mass is 10.1. The summed E-state index contributed by atoms with van der Waals surface area (Å²) in [7, 11) is 0. The average molecular weight is 475 g/mol. The van der Waals surface area contributed by atoms with Crippen molar-refractivity contribution >= 4 is 27.7 Å². The van der Waals surface area contributed by atoms with Gasteiger partial charge >= 0.3 is 0 Å². The van der Waals surface area contributed by atoms with Crippen LogP contribution in [0.2, 0.25) is 0 Å². The number of carbonyl (C=O) groups excluding carboxylic acids is 2. The van der Waals surface area contributed by atoms with Gasteiger partial charge in [-0.05, 0) is 62.1 Å². The summed E-state index contributed by atoms with van der Waals surface area (Å²) in [5.74, 6) is 0.304. The van der Waals surface area contributed by atoms with Crippen LogP contribution in [0.4, 0.5) is 0 Å². The fourth-order valence-electron chi connectivity index (χ4n) is 3.05. The van der Waals surface area contributed by atoms with Crippen LogP contribution in [0, 0.1) is 13.8 Å². The van der Waals surface area contributed by atoms with Gasteiger partial charge in [-0.25, -0.2) is 0 Å². The van der Waals surface area contributed by atoms with E-state index in [-0.39, 0.29) is 18.4 Å². The fraction of sp³-hybridized carbons (Fsp3) is 0.417. The summed E-state index contributed by atoms with van der Waals surface area (Å²) in [5, 5.41) is 2.92. The Bertz CT molecular complexity index is 869. The summed E-state index contributed by atoms with van der Waals surface area (Å²) >= 11 is 3.47. The Kier molecular flexibility index (Phi) is 9.37. The molecule has 2 amide bonds. The SMILES string of the molecule is CCCCNC(=O)C(C)N(Cc1cccc(Br)c1)C(=O)COc1cccc(C)c1C. The van der Waals surface area contributed by atoms with Crippen LogP contribution in [0.5, 0.6) is 5.75 Å². The van der Waals surface area contributed by atoms with Crippen molar-refractivity contribution in [3.05, 3.63) is 63.6 Å². The van der Waals surface area contributed by atoms with E-state index in [1.54, 1.807) is 11.8 Å². The molecule has 1 N–H and O–H groups in total. The predicted octanol–water partition coefficient (Wildman–Crippen LogP) is 4.78. The molecule has 5 nitrogen and oxygen atoms in total. The molecule has 0 radical (unpaired) electrons. The summed E-state index contributed by atoms with van der Waals surface area (Å²) in [6, 6.07) is 12.9. The second kappa shape index (κ2) is 11.7. The minimum atomic E-state index is -0.601. The fourth-order valence-corrected chi connectivity index (χ4v) is 3.50. The Labute approximate surface area is 187 Å². The molecular weight excluding hydrogens is 444 g/mol. The Morgan fingerprint density at radius 2 is 1.90 bits per heavy atom. The van der Waals surface area contributed by atoms with Gasteiger partial charge in [0, 0.05) is 17.6 Å². The van der Waals surface area contributed by atoms with Crippen LogP contribution in [0.25, 0.3) is 0 Å². The molecule has 2 aromatic carbocycles. The third kappa shape index (κ3) is 6.87. The number of rotatable bonds is 10. The number of hydrogen-bond donors (Lipinski definition) is 1. The van der Waals surface area contributed by atoms with E-state index in [4.69, 9.17) is 4.74 Å². The number of carbonyl (C=O) groups is 2. The summed E-state index contributed by atoms with van der Waals surface area (Å²) in [4.78, 5) is 27.3. The molecule has 6 heteroatoms. The van der Waals surface area contributed by atoms with Crippen LogP contribution in [-0.2, 0) is 16.1 Å². The molecule has 0 saturated heterocycles. The summed E-state index contributed by atoms with van der Waals surface area (Å²) in [6.07, 6.45) is 1.91. The number of hydrogen-bond acceptors (Lipinski definition) is 3. The van der Waals surface area contributed by atoms with Gasteiger partial charge in [-0.3, -0.25) is 9.59 Å². The van der Waals surface area contributed by atoms with E-state index in [1.165, 1.54) is 0 Å². The van der Waals surface area contributed by atoms with Crippen LogP contribution < -0.4 is 10.1 Å². The number of halogens is 1. The van der Waals surface area contributed by atoms with E-state index in [2.05, 4.69) is 28.2 Å². The largest absolute Gasteiger partial charge is 0.483 e. The van der Waals surface area contributed by atoms with Gasteiger partial charge in [-0.15, -0.1) is 0 Å². The lowest BCUT2D eigenvalue weighted by molar-refractivity contribution is -0.142. The van der Waals surface area contributed by atoms with Crippen LogP contribution in [0.15, 0.2) is 46.9 Å². The Morgan fingerprint density at radius 3 is 2.60 bits per heavy atom. The van der Waals surface area contributed by atoms with E-state index in [1.807, 2.05) is 56.3 Å². The van der Waals surface area contributed by atoms with Crippen molar-refractivity contribution in [2.24, 2.45) is 0 Å². The number of amides is 2. The van der Waals surface area contributed by atoms with Crippen molar-refractivity contribution in [2.75, 3.05) is 13.2 Å². The van der Waals surface area contributed by atoms with E-state index in [9.17, 15) is 9.59 Å². The molecule has 0 bridgehead atoms. The molecule has 0 aliphatic heterocycles. The Balaban J connectivity index is 2.15. The van der Waals surface area contributed by atoms with E-state index >= 15 is 0 Å². The van der Waals surface area contributed by atoms with Gasteiger partial charge in [0.05, 0.1) is 0 Å². The van der Waals surface area contributed by atoms with Crippen molar-refractivity contribution < 1.29 is 14.3 Å². The highest BCUT2D eigenvalue weighted by molar-refractivity contribution is 9.10. The third-order valence-electron chi connectivity index (χ3n) is 5.14. The zero-order valence-electron chi connectivity index (χ0n) is 18.2. The average Bonchev–Trinajstić information content (AvgIpc) is 2.72. The molecule has 0 aliphatic carbocycles. The molecule has 0 aliphatic rings. The highest BCUT2D eigenvalue weighted by Crippen LogP contribution is 2.21. The van der Waals surface area contributed by atoms with Gasteiger partial charge in [0.15, 0.2) is 6.61 Å². The Hall–Kier alpha value is -2.34. The smallest absolute Gasteiger partial charge is 0.261 e. The zero-order chi connectivity index (χ0) is 22.1. The summed E-state index contributed by atoms with van der Waals surface area (Å²) in [5.41, 5.74) is 3.06. The Morgan fingerprint density at radius 1 is 1.17 bits per heavy atom. The standard InChI is InChI=1S/C24H31BrN2O3/c1-5-6-13-26-24(29)19(4)27(15-20-10-8-11-21(25)14-20)23(28)16-30-22-12-7-9-17(2)18(22)3/h7-12,14,19H,5-6,13,15-16H2,1-4H3,(H,26,29). The number of nitrogens with one attached hydrogen (secondary N) is 1. The quantitative estimate of drug-likeness (QED) is 0.504. The number of benzene rings is 2. The predicted molar refractivity (Wildman–Crippen MR) is 123 cm³/mol. The lowest BCUT2D eigenvalue weighted by Crippen LogP contribution is -2.49. The highest BCUT2D eigenvalue weighted by Gasteiger charge is 2.26. The molecule has 1 unspecified atom stereocenters. The summed E-state index contributed by atoms with van der Waals surface area (Å²) in [6.45, 7) is 8.63. The maximum atomic E-state index is 13.1. The minimum Gasteiger partial charge on any atom is -0.483 e. The monoisotopic (exact) mass is 474 g/mol. The third-order valence-corrected chi connectivity index (χ3v) is 5.64. The van der Waals surface area contributed by atoms with E-state index in [0.717, 1.165) is 34.0 Å². The van der Waals surface area contributed by atoms with Crippen molar-refractivity contribution in [2.45, 2.75) is 53.1 Å². The van der Waals surface area contributed by atoms with Crippen molar-refractivity contribution in [3.8, 4) is 5.75 Å². The lowest BCUT2D eigenvalue weighted by Gasteiger charge is -2.29. The maximum absolute atomic E-state index is 13.1. The summed E-state index contributed by atoms with van der Waals surface area (Å²) < 4.78 is 6.75. The van der Waals surface area contributed by atoms with E-state index in [0.29, 0.717) is 18.8 Å². The van der Waals surface area contributed by atoms with E-state index < -0.39 is 6.04 Å². The number of ether oxygens (including phenoxy) is 1. The number of aryl methyl sites for hydroxylation is 1.